The molecule has 0 amide bonds. The van der Waals surface area contributed by atoms with Crippen LogP contribution in [0.2, 0.25) is 0 Å². The molecule has 4 heterocycles. The second-order valence-corrected chi connectivity index (χ2v) is 11.3. The molecule has 206 valence electrons. The molecule has 0 bridgehead atoms. The van der Waals surface area contributed by atoms with E-state index >= 15 is 0 Å². The molecule has 10 aromatic rings. The zero-order valence-corrected chi connectivity index (χ0v) is 23.7. The number of rotatable bonds is 3. The molecule has 5 nitrogen and oxygen atoms in total. The molecule has 6 aromatic carbocycles. The highest BCUT2D eigenvalue weighted by Crippen LogP contribution is 2.41. The number of para-hydroxylation sites is 6. The van der Waals surface area contributed by atoms with Crippen LogP contribution in [0.4, 0.5) is 0 Å². The summed E-state index contributed by atoms with van der Waals surface area (Å²) in [5, 5.41) is 3.76. The monoisotopic (exact) mass is 563 g/mol. The Kier molecular flexibility index (Phi) is 4.66. The Bertz CT molecular complexity index is 2700. The number of aromatic nitrogens is 5. The number of benzene rings is 6. The molecule has 10 rings (SSSR count). The molecule has 0 N–H and O–H groups in total. The van der Waals surface area contributed by atoms with Crippen molar-refractivity contribution in [2.75, 3.05) is 0 Å². The Morgan fingerprint density at radius 1 is 0.386 bits per heavy atom. The van der Waals surface area contributed by atoms with Gasteiger partial charge in [-0.2, -0.15) is 0 Å². The maximum Gasteiger partial charge on any atom is 0.220 e. The molecule has 44 heavy (non-hydrogen) atoms. The molecule has 0 aliphatic carbocycles. The molecule has 5 heteroatoms. The third-order valence-corrected chi connectivity index (χ3v) is 8.95. The van der Waals surface area contributed by atoms with Gasteiger partial charge in [0.25, 0.3) is 0 Å². The first-order valence-electron chi connectivity index (χ1n) is 14.9. The number of nitrogens with zero attached hydrogens (tertiary/aromatic N) is 5. The van der Waals surface area contributed by atoms with Crippen LogP contribution in [-0.4, -0.2) is 23.1 Å². The lowest BCUT2D eigenvalue weighted by Gasteiger charge is -2.13. The van der Waals surface area contributed by atoms with Crippen LogP contribution in [-0.2, 0) is 0 Å². The van der Waals surface area contributed by atoms with Gasteiger partial charge in [-0.3, -0.25) is 18.1 Å². The molecule has 0 aliphatic rings. The average Bonchev–Trinajstić information content (AvgIpc) is 3.80. The van der Waals surface area contributed by atoms with Crippen molar-refractivity contribution in [1.82, 2.24) is 23.1 Å². The van der Waals surface area contributed by atoms with Gasteiger partial charge in [-0.15, -0.1) is 0 Å². The van der Waals surface area contributed by atoms with Crippen molar-refractivity contribution in [2.24, 2.45) is 0 Å². The van der Waals surface area contributed by atoms with Crippen molar-refractivity contribution in [2.45, 2.75) is 0 Å². The lowest BCUT2D eigenvalue weighted by molar-refractivity contribution is 1.07. The van der Waals surface area contributed by atoms with E-state index in [1.807, 2.05) is 0 Å². The fraction of sp³-hybridized carbons (Fsp3) is 0. The summed E-state index contributed by atoms with van der Waals surface area (Å²) in [5.74, 6) is 0.908. The maximum absolute atomic E-state index is 5.19. The van der Waals surface area contributed by atoms with Crippen LogP contribution in [0.15, 0.2) is 152 Å². The van der Waals surface area contributed by atoms with E-state index < -0.39 is 0 Å². The topological polar surface area (TPSA) is 32.1 Å². The van der Waals surface area contributed by atoms with Gasteiger partial charge >= 0.3 is 0 Å². The van der Waals surface area contributed by atoms with Crippen molar-refractivity contribution >= 4 is 60.7 Å². The van der Waals surface area contributed by atoms with E-state index in [1.54, 1.807) is 0 Å². The minimum Gasteiger partial charge on any atom is -0.295 e. The first-order valence-corrected chi connectivity index (χ1v) is 14.9. The van der Waals surface area contributed by atoms with E-state index in [1.165, 1.54) is 27.2 Å². The normalized spacial score (nSPS) is 12.1. The van der Waals surface area contributed by atoms with Crippen LogP contribution in [0.25, 0.3) is 77.7 Å². The van der Waals surface area contributed by atoms with Crippen molar-refractivity contribution in [3.8, 4) is 17.1 Å². The van der Waals surface area contributed by atoms with Gasteiger partial charge in [-0.25, -0.2) is 4.98 Å². The van der Waals surface area contributed by atoms with E-state index in [9.17, 15) is 0 Å². The minimum absolute atomic E-state index is 0.908. The van der Waals surface area contributed by atoms with Crippen molar-refractivity contribution in [3.05, 3.63) is 152 Å². The summed E-state index contributed by atoms with van der Waals surface area (Å²) < 4.78 is 9.39. The molecule has 0 saturated heterocycles. The van der Waals surface area contributed by atoms with Gasteiger partial charge in [-0.05, 0) is 66.7 Å². The van der Waals surface area contributed by atoms with Crippen molar-refractivity contribution in [3.63, 3.8) is 0 Å². The molecule has 0 fully saturated rings. The Labute approximate surface area is 252 Å². The largest absolute Gasteiger partial charge is 0.295 e. The molecule has 0 saturated carbocycles. The summed E-state index contributed by atoms with van der Waals surface area (Å²) in [5.41, 5.74) is 11.2. The van der Waals surface area contributed by atoms with Gasteiger partial charge in [0.2, 0.25) is 5.78 Å². The zero-order valence-electron chi connectivity index (χ0n) is 23.7. The quantitative estimate of drug-likeness (QED) is 0.211. The second-order valence-electron chi connectivity index (χ2n) is 11.3. The van der Waals surface area contributed by atoms with Gasteiger partial charge in [0, 0.05) is 33.2 Å². The van der Waals surface area contributed by atoms with E-state index in [-0.39, 0.29) is 0 Å². The van der Waals surface area contributed by atoms with E-state index in [0.717, 1.165) is 50.6 Å². The fourth-order valence-electron chi connectivity index (χ4n) is 7.16. The molecule has 4 aromatic heterocycles. The highest BCUT2D eigenvalue weighted by Gasteiger charge is 2.23. The Morgan fingerprint density at radius 3 is 1.57 bits per heavy atom. The molecule has 0 unspecified atom stereocenters. The minimum atomic E-state index is 0.908. The predicted octanol–water partition coefficient (Wildman–Crippen LogP) is 9.47. The van der Waals surface area contributed by atoms with Crippen LogP contribution < -0.4 is 0 Å². The molecule has 0 spiro atoms. The third kappa shape index (κ3) is 3.05. The number of hydrogen-bond donors (Lipinski definition) is 0. The summed E-state index contributed by atoms with van der Waals surface area (Å²) in [6.07, 6.45) is 0. The number of imidazole rings is 2. The van der Waals surface area contributed by atoms with Gasteiger partial charge < -0.3 is 0 Å². The summed E-state index contributed by atoms with van der Waals surface area (Å²) in [4.78, 5) is 5.19. The average molecular weight is 564 g/mol. The highest BCUT2D eigenvalue weighted by molar-refractivity contribution is 6.22. The van der Waals surface area contributed by atoms with Gasteiger partial charge in [0.1, 0.15) is 5.65 Å². The fourth-order valence-corrected chi connectivity index (χ4v) is 7.16. The number of hydrogen-bond acceptors (Lipinski definition) is 1. The summed E-state index contributed by atoms with van der Waals surface area (Å²) in [6, 6.07) is 53.9. The van der Waals surface area contributed by atoms with Gasteiger partial charge in [-0.1, -0.05) is 84.9 Å². The standard InChI is InChI=1S/C39H25N5/c1-3-13-26(14-4-1)41-32-19-9-7-17-29(32)37-30-18-8-10-20-33(30)42(38(37)41)28-23-24-31-36(25-28)44-35-22-12-11-21-34(35)43(39(44)40-31)27-15-5-2-6-16-27/h1-25H. The zero-order chi connectivity index (χ0) is 28.8. The van der Waals surface area contributed by atoms with Crippen LogP contribution >= 0.6 is 0 Å². The lowest BCUT2D eigenvalue weighted by atomic mass is 10.1. The first-order chi connectivity index (χ1) is 21.9. The van der Waals surface area contributed by atoms with Crippen LogP contribution in [0.1, 0.15) is 0 Å². The summed E-state index contributed by atoms with van der Waals surface area (Å²) >= 11 is 0. The third-order valence-electron chi connectivity index (χ3n) is 8.95. The maximum atomic E-state index is 5.19. The Morgan fingerprint density at radius 2 is 0.909 bits per heavy atom. The summed E-state index contributed by atoms with van der Waals surface area (Å²) in [6.45, 7) is 0. The lowest BCUT2D eigenvalue weighted by Crippen LogP contribution is -2.01. The van der Waals surface area contributed by atoms with Crippen LogP contribution in [0.3, 0.4) is 0 Å². The first kappa shape index (κ1) is 23.5. The smallest absolute Gasteiger partial charge is 0.220 e. The predicted molar refractivity (Wildman–Crippen MR) is 181 cm³/mol. The Hall–Kier alpha value is -6.07. The molecular weight excluding hydrogens is 538 g/mol. The SMILES string of the molecule is c1ccc(-n2c3ccccc3c3c4ccccc4n(-c4ccc5nc6n(-c7ccccc7)c7ccccc7n6c5c4)c32)cc1. The van der Waals surface area contributed by atoms with Gasteiger partial charge in [0.15, 0.2) is 0 Å². The second kappa shape index (κ2) is 8.72. The van der Waals surface area contributed by atoms with E-state index in [2.05, 4.69) is 170 Å². The van der Waals surface area contributed by atoms with Gasteiger partial charge in [0.05, 0.1) is 33.1 Å². The molecule has 0 atom stereocenters. The molecule has 0 radical (unpaired) electrons. The molecule has 0 aliphatic heterocycles. The van der Waals surface area contributed by atoms with Crippen molar-refractivity contribution in [1.29, 1.82) is 0 Å². The van der Waals surface area contributed by atoms with Crippen LogP contribution in [0.5, 0.6) is 0 Å². The number of fused-ring (bicyclic) bond motifs is 10. The highest BCUT2D eigenvalue weighted by atomic mass is 15.2. The Balaban J connectivity index is 1.35. The van der Waals surface area contributed by atoms with E-state index in [0.29, 0.717) is 0 Å². The molecular formula is C39H25N5. The van der Waals surface area contributed by atoms with E-state index in [4.69, 9.17) is 4.98 Å². The van der Waals surface area contributed by atoms with Crippen molar-refractivity contribution < 1.29 is 0 Å². The summed E-state index contributed by atoms with van der Waals surface area (Å²) in [7, 11) is 0. The van der Waals surface area contributed by atoms with Crippen LogP contribution in [0, 0.1) is 0 Å².